The molecule has 0 aliphatic rings. The summed E-state index contributed by atoms with van der Waals surface area (Å²) in [5, 5.41) is 5.18. The van der Waals surface area contributed by atoms with E-state index < -0.39 is 0 Å². The largest absolute Gasteiger partial charge is 0.281 e. The Labute approximate surface area is 155 Å². The number of thioether (sulfide) groups is 1. The first-order valence-corrected chi connectivity index (χ1v) is 9.40. The normalized spacial score (nSPS) is 11.3. The maximum atomic E-state index is 12.6. The SMILES string of the molecule is Cc1sc2ncn(NC(=O)CSc3nc4ncccn4n3)c(=O)c2c1C. The van der Waals surface area contributed by atoms with E-state index in [9.17, 15) is 9.59 Å². The second-order valence-electron chi connectivity index (χ2n) is 5.47. The molecule has 1 amide bonds. The van der Waals surface area contributed by atoms with E-state index in [1.165, 1.54) is 22.2 Å². The van der Waals surface area contributed by atoms with Crippen LogP contribution in [0.5, 0.6) is 0 Å². The third-order valence-electron chi connectivity index (χ3n) is 3.76. The molecule has 9 nitrogen and oxygen atoms in total. The Kier molecular flexibility index (Phi) is 4.17. The smallest absolute Gasteiger partial charge is 0.272 e. The average molecular weight is 387 g/mol. The lowest BCUT2D eigenvalue weighted by Crippen LogP contribution is -2.34. The monoisotopic (exact) mass is 387 g/mol. The molecule has 11 heteroatoms. The van der Waals surface area contributed by atoms with Crippen LogP contribution in [-0.2, 0) is 4.79 Å². The second-order valence-corrected chi connectivity index (χ2v) is 7.61. The molecule has 4 aromatic heterocycles. The Morgan fingerprint density at radius 2 is 2.19 bits per heavy atom. The quantitative estimate of drug-likeness (QED) is 0.527. The first-order valence-electron chi connectivity index (χ1n) is 7.60. The van der Waals surface area contributed by atoms with Gasteiger partial charge in [0.25, 0.3) is 11.3 Å². The summed E-state index contributed by atoms with van der Waals surface area (Å²) in [6, 6.07) is 1.74. The molecule has 132 valence electrons. The van der Waals surface area contributed by atoms with Crippen LogP contribution in [-0.4, -0.2) is 40.9 Å². The molecule has 0 saturated heterocycles. The van der Waals surface area contributed by atoms with Crippen LogP contribution >= 0.6 is 23.1 Å². The van der Waals surface area contributed by atoms with Crippen LogP contribution in [0.1, 0.15) is 10.4 Å². The van der Waals surface area contributed by atoms with E-state index in [0.717, 1.165) is 26.9 Å². The highest BCUT2D eigenvalue weighted by molar-refractivity contribution is 7.99. The molecule has 0 fully saturated rings. The van der Waals surface area contributed by atoms with E-state index in [-0.39, 0.29) is 17.2 Å². The molecule has 0 saturated carbocycles. The molecule has 4 heterocycles. The number of nitrogens with one attached hydrogen (secondary N) is 1. The topological polar surface area (TPSA) is 107 Å². The minimum atomic E-state index is -0.352. The lowest BCUT2D eigenvalue weighted by molar-refractivity contribution is -0.114. The lowest BCUT2D eigenvalue weighted by atomic mass is 10.2. The van der Waals surface area contributed by atoms with Crippen LogP contribution in [0.2, 0.25) is 0 Å². The molecule has 0 unspecified atom stereocenters. The number of thiophene rings is 1. The van der Waals surface area contributed by atoms with Crippen LogP contribution in [0.3, 0.4) is 0 Å². The van der Waals surface area contributed by atoms with Crippen LogP contribution < -0.4 is 11.0 Å². The van der Waals surface area contributed by atoms with Gasteiger partial charge in [0.1, 0.15) is 11.2 Å². The molecule has 4 aromatic rings. The van der Waals surface area contributed by atoms with Crippen LogP contribution in [0.4, 0.5) is 0 Å². The minimum absolute atomic E-state index is 0.0585. The van der Waals surface area contributed by atoms with Gasteiger partial charge in [0.2, 0.25) is 11.1 Å². The molecule has 4 rings (SSSR count). The van der Waals surface area contributed by atoms with E-state index in [2.05, 4.69) is 25.5 Å². The lowest BCUT2D eigenvalue weighted by Gasteiger charge is -2.06. The third kappa shape index (κ3) is 2.95. The first-order chi connectivity index (χ1) is 12.5. The first kappa shape index (κ1) is 16.7. The fourth-order valence-electron chi connectivity index (χ4n) is 2.39. The standard InChI is InChI=1S/C15H13N7O2S2/c1-8-9(2)26-12-11(8)13(24)22(7-17-12)19-10(23)6-25-15-18-14-16-4-3-5-21(14)20-15/h3-5,7H,6H2,1-2H3,(H,19,23). The van der Waals surface area contributed by atoms with Gasteiger partial charge in [-0.05, 0) is 25.5 Å². The van der Waals surface area contributed by atoms with Gasteiger partial charge in [0.05, 0.1) is 11.1 Å². The zero-order valence-electron chi connectivity index (χ0n) is 13.8. The number of nitrogens with zero attached hydrogens (tertiary/aromatic N) is 6. The number of aromatic nitrogens is 6. The number of aryl methyl sites for hydroxylation is 2. The zero-order chi connectivity index (χ0) is 18.3. The van der Waals surface area contributed by atoms with Crippen molar-refractivity contribution in [1.82, 2.24) is 29.2 Å². The van der Waals surface area contributed by atoms with E-state index >= 15 is 0 Å². The molecule has 0 spiro atoms. The van der Waals surface area contributed by atoms with Gasteiger partial charge < -0.3 is 0 Å². The van der Waals surface area contributed by atoms with E-state index in [1.54, 1.807) is 18.5 Å². The summed E-state index contributed by atoms with van der Waals surface area (Å²) in [7, 11) is 0. The second kappa shape index (κ2) is 6.50. The highest BCUT2D eigenvalue weighted by Crippen LogP contribution is 2.25. The summed E-state index contributed by atoms with van der Waals surface area (Å²) in [5.74, 6) is 0.169. The Balaban J connectivity index is 1.49. The van der Waals surface area contributed by atoms with Gasteiger partial charge in [0, 0.05) is 17.3 Å². The van der Waals surface area contributed by atoms with Crippen LogP contribution in [0.15, 0.2) is 34.7 Å². The van der Waals surface area contributed by atoms with Gasteiger partial charge in [-0.1, -0.05) is 11.8 Å². The van der Waals surface area contributed by atoms with E-state index in [4.69, 9.17) is 0 Å². The van der Waals surface area contributed by atoms with E-state index in [1.807, 2.05) is 13.8 Å². The minimum Gasteiger partial charge on any atom is -0.272 e. The molecule has 26 heavy (non-hydrogen) atoms. The Morgan fingerprint density at radius 1 is 1.35 bits per heavy atom. The third-order valence-corrected chi connectivity index (χ3v) is 5.72. The van der Waals surface area contributed by atoms with Gasteiger partial charge >= 0.3 is 0 Å². The molecule has 0 bridgehead atoms. The summed E-state index contributed by atoms with van der Waals surface area (Å²) < 4.78 is 2.65. The number of fused-ring (bicyclic) bond motifs is 2. The van der Waals surface area contributed by atoms with Crippen molar-refractivity contribution < 1.29 is 4.79 Å². The average Bonchev–Trinajstić information content (AvgIpc) is 3.17. The predicted octanol–water partition coefficient (Wildman–Crippen LogP) is 1.37. The molecular weight excluding hydrogens is 374 g/mol. The Morgan fingerprint density at radius 3 is 3.00 bits per heavy atom. The van der Waals surface area contributed by atoms with Gasteiger partial charge in [0.15, 0.2) is 0 Å². The van der Waals surface area contributed by atoms with Crippen molar-refractivity contribution in [2.24, 2.45) is 0 Å². The molecule has 1 N–H and O–H groups in total. The molecule has 0 radical (unpaired) electrons. The number of hydrogen-bond donors (Lipinski definition) is 1. The van der Waals surface area contributed by atoms with Crippen molar-refractivity contribution in [2.45, 2.75) is 19.0 Å². The summed E-state index contributed by atoms with van der Waals surface area (Å²) in [6.45, 7) is 3.82. The Bertz CT molecular complexity index is 1160. The number of carbonyl (C=O) groups excluding carboxylic acids is 1. The molecule has 0 atom stereocenters. The highest BCUT2D eigenvalue weighted by atomic mass is 32.2. The Hall–Kier alpha value is -2.79. The molecular formula is C15H13N7O2S2. The fourth-order valence-corrected chi connectivity index (χ4v) is 3.99. The zero-order valence-corrected chi connectivity index (χ0v) is 15.5. The predicted molar refractivity (Wildman–Crippen MR) is 99.2 cm³/mol. The maximum Gasteiger partial charge on any atom is 0.281 e. The van der Waals surface area contributed by atoms with Crippen molar-refractivity contribution in [2.75, 3.05) is 11.2 Å². The summed E-state index contributed by atoms with van der Waals surface area (Å²) >= 11 is 2.63. The summed E-state index contributed by atoms with van der Waals surface area (Å²) in [4.78, 5) is 39.0. The van der Waals surface area contributed by atoms with Crippen molar-refractivity contribution in [3.63, 3.8) is 0 Å². The molecule has 0 aliphatic carbocycles. The van der Waals surface area contributed by atoms with E-state index in [0.29, 0.717) is 21.2 Å². The van der Waals surface area contributed by atoms with Crippen molar-refractivity contribution in [1.29, 1.82) is 0 Å². The van der Waals surface area contributed by atoms with Crippen molar-refractivity contribution in [3.8, 4) is 0 Å². The fraction of sp³-hybridized carbons (Fsp3) is 0.200. The highest BCUT2D eigenvalue weighted by Gasteiger charge is 2.14. The van der Waals surface area contributed by atoms with Crippen LogP contribution in [0, 0.1) is 13.8 Å². The maximum absolute atomic E-state index is 12.6. The summed E-state index contributed by atoms with van der Waals surface area (Å²) in [5.41, 5.74) is 3.16. The van der Waals surface area contributed by atoms with Gasteiger partial charge in [-0.2, -0.15) is 4.98 Å². The number of carbonyl (C=O) groups is 1. The number of hydrogen-bond acceptors (Lipinski definition) is 8. The molecule has 0 aromatic carbocycles. The van der Waals surface area contributed by atoms with Gasteiger partial charge in [-0.25, -0.2) is 19.2 Å². The van der Waals surface area contributed by atoms with Gasteiger partial charge in [-0.3, -0.25) is 15.0 Å². The number of amides is 1. The van der Waals surface area contributed by atoms with Crippen molar-refractivity contribution in [3.05, 3.63) is 45.6 Å². The molecule has 0 aliphatic heterocycles. The number of rotatable bonds is 4. The van der Waals surface area contributed by atoms with Crippen LogP contribution in [0.25, 0.3) is 16.0 Å². The van der Waals surface area contributed by atoms with Gasteiger partial charge in [-0.15, -0.1) is 16.4 Å². The summed E-state index contributed by atoms with van der Waals surface area (Å²) in [6.07, 6.45) is 4.68. The van der Waals surface area contributed by atoms with Crippen molar-refractivity contribution >= 4 is 45.0 Å².